The molecule has 1 aromatic heterocycles. The Morgan fingerprint density at radius 1 is 1.53 bits per heavy atom. The summed E-state index contributed by atoms with van der Waals surface area (Å²) in [6.07, 6.45) is 0.803. The maximum atomic E-state index is 5.04. The summed E-state index contributed by atoms with van der Waals surface area (Å²) in [6.45, 7) is 6.55. The lowest BCUT2D eigenvalue weighted by atomic mass is 10.2. The summed E-state index contributed by atoms with van der Waals surface area (Å²) in [5.41, 5.74) is 0. The minimum absolute atomic E-state index is 0.530. The molecule has 1 unspecified atom stereocenters. The van der Waals surface area contributed by atoms with E-state index in [1.165, 1.54) is 0 Å². The number of ether oxygens (including phenoxy) is 1. The first-order valence-corrected chi connectivity index (χ1v) is 5.21. The molecule has 0 spiro atoms. The summed E-state index contributed by atoms with van der Waals surface area (Å²) >= 11 is 0. The van der Waals surface area contributed by atoms with Crippen LogP contribution in [0.2, 0.25) is 0 Å². The lowest BCUT2D eigenvalue weighted by molar-refractivity contribution is 0.158. The van der Waals surface area contributed by atoms with Crippen LogP contribution in [0, 0.1) is 12.8 Å². The SMILES string of the molecule is COCC(C)CNCCc1noc(C)n1. The molecule has 0 aromatic carbocycles. The van der Waals surface area contributed by atoms with Gasteiger partial charge in [-0.2, -0.15) is 4.98 Å². The minimum Gasteiger partial charge on any atom is -0.384 e. The molecule has 0 fully saturated rings. The second kappa shape index (κ2) is 6.53. The Morgan fingerprint density at radius 3 is 2.93 bits per heavy atom. The number of aromatic nitrogens is 2. The number of aryl methyl sites for hydroxylation is 1. The van der Waals surface area contributed by atoms with Crippen molar-refractivity contribution in [2.24, 2.45) is 5.92 Å². The summed E-state index contributed by atoms with van der Waals surface area (Å²) in [7, 11) is 1.72. The van der Waals surface area contributed by atoms with Crippen LogP contribution < -0.4 is 5.32 Å². The average Bonchev–Trinajstić information content (AvgIpc) is 2.60. The highest BCUT2D eigenvalue weighted by atomic mass is 16.5. The van der Waals surface area contributed by atoms with Crippen molar-refractivity contribution in [1.29, 1.82) is 0 Å². The van der Waals surface area contributed by atoms with Crippen LogP contribution in [0.3, 0.4) is 0 Å². The van der Waals surface area contributed by atoms with Gasteiger partial charge in [0.2, 0.25) is 5.89 Å². The van der Waals surface area contributed by atoms with E-state index in [1.54, 1.807) is 14.0 Å². The first kappa shape index (κ1) is 12.1. The van der Waals surface area contributed by atoms with E-state index in [-0.39, 0.29) is 0 Å². The third-order valence-electron chi connectivity index (χ3n) is 2.04. The van der Waals surface area contributed by atoms with E-state index in [9.17, 15) is 0 Å². The molecule has 15 heavy (non-hydrogen) atoms. The molecule has 1 atom stereocenters. The predicted molar refractivity (Wildman–Crippen MR) is 56.6 cm³/mol. The van der Waals surface area contributed by atoms with E-state index in [0.717, 1.165) is 31.9 Å². The van der Waals surface area contributed by atoms with E-state index in [2.05, 4.69) is 22.4 Å². The van der Waals surface area contributed by atoms with Crippen LogP contribution in [0.15, 0.2) is 4.52 Å². The predicted octanol–water partition coefficient (Wildman–Crippen LogP) is 0.793. The second-order valence-electron chi connectivity index (χ2n) is 3.74. The zero-order chi connectivity index (χ0) is 11.1. The van der Waals surface area contributed by atoms with Crippen molar-refractivity contribution >= 4 is 0 Å². The normalized spacial score (nSPS) is 13.0. The van der Waals surface area contributed by atoms with Gasteiger partial charge in [-0.25, -0.2) is 0 Å². The molecule has 0 aliphatic rings. The van der Waals surface area contributed by atoms with Crippen LogP contribution in [0.1, 0.15) is 18.6 Å². The highest BCUT2D eigenvalue weighted by molar-refractivity contribution is 4.84. The van der Waals surface area contributed by atoms with Crippen molar-refractivity contribution in [3.63, 3.8) is 0 Å². The fraction of sp³-hybridized carbons (Fsp3) is 0.800. The molecule has 86 valence electrons. The molecule has 1 rings (SSSR count). The molecule has 5 heteroatoms. The summed E-state index contributed by atoms with van der Waals surface area (Å²) in [6, 6.07) is 0. The molecule has 1 N–H and O–H groups in total. The molecule has 5 nitrogen and oxygen atoms in total. The number of methoxy groups -OCH3 is 1. The number of rotatable bonds is 7. The molecule has 0 radical (unpaired) electrons. The third-order valence-corrected chi connectivity index (χ3v) is 2.04. The zero-order valence-corrected chi connectivity index (χ0v) is 9.62. The molecule has 0 saturated carbocycles. The van der Waals surface area contributed by atoms with E-state index in [0.29, 0.717) is 11.8 Å². The van der Waals surface area contributed by atoms with Crippen LogP contribution in [-0.4, -0.2) is 36.9 Å². The standard InChI is InChI=1S/C10H19N3O2/c1-8(7-14-3)6-11-5-4-10-12-9(2)15-13-10/h8,11H,4-7H2,1-3H3. The lowest BCUT2D eigenvalue weighted by Crippen LogP contribution is -2.25. The largest absolute Gasteiger partial charge is 0.384 e. The summed E-state index contributed by atoms with van der Waals surface area (Å²) in [5, 5.41) is 7.14. The van der Waals surface area contributed by atoms with Gasteiger partial charge in [0.05, 0.1) is 0 Å². The van der Waals surface area contributed by atoms with Crippen LogP contribution in [0.5, 0.6) is 0 Å². The molecular weight excluding hydrogens is 194 g/mol. The topological polar surface area (TPSA) is 60.2 Å². The van der Waals surface area contributed by atoms with Gasteiger partial charge in [0.25, 0.3) is 0 Å². The number of nitrogens with zero attached hydrogens (tertiary/aromatic N) is 2. The molecule has 0 aliphatic heterocycles. The maximum absolute atomic E-state index is 5.04. The highest BCUT2D eigenvalue weighted by Crippen LogP contribution is 1.96. The summed E-state index contributed by atoms with van der Waals surface area (Å²) in [4.78, 5) is 4.12. The lowest BCUT2D eigenvalue weighted by Gasteiger charge is -2.10. The molecule has 0 amide bonds. The van der Waals surface area contributed by atoms with Gasteiger partial charge < -0.3 is 14.6 Å². The Morgan fingerprint density at radius 2 is 2.33 bits per heavy atom. The van der Waals surface area contributed by atoms with Crippen molar-refractivity contribution < 1.29 is 9.26 Å². The van der Waals surface area contributed by atoms with E-state index in [1.807, 2.05) is 0 Å². The van der Waals surface area contributed by atoms with Crippen LogP contribution in [-0.2, 0) is 11.2 Å². The van der Waals surface area contributed by atoms with Gasteiger partial charge in [0, 0.05) is 33.6 Å². The fourth-order valence-corrected chi connectivity index (χ4v) is 1.33. The first-order valence-electron chi connectivity index (χ1n) is 5.21. The quantitative estimate of drug-likeness (QED) is 0.679. The van der Waals surface area contributed by atoms with E-state index in [4.69, 9.17) is 9.26 Å². The number of nitrogens with one attached hydrogen (secondary N) is 1. The summed E-state index contributed by atoms with van der Waals surface area (Å²) < 4.78 is 9.91. The molecular formula is C10H19N3O2. The van der Waals surface area contributed by atoms with Gasteiger partial charge in [-0.3, -0.25) is 0 Å². The Kier molecular flexibility index (Phi) is 5.28. The number of hydrogen-bond acceptors (Lipinski definition) is 5. The second-order valence-corrected chi connectivity index (χ2v) is 3.74. The van der Waals surface area contributed by atoms with E-state index < -0.39 is 0 Å². The van der Waals surface area contributed by atoms with Gasteiger partial charge in [0.1, 0.15) is 0 Å². The maximum Gasteiger partial charge on any atom is 0.223 e. The fourth-order valence-electron chi connectivity index (χ4n) is 1.33. The third kappa shape index (κ3) is 4.90. The van der Waals surface area contributed by atoms with Crippen LogP contribution in [0.25, 0.3) is 0 Å². The van der Waals surface area contributed by atoms with Crippen LogP contribution >= 0.6 is 0 Å². The van der Waals surface area contributed by atoms with Crippen molar-refractivity contribution in [2.45, 2.75) is 20.3 Å². The Labute approximate surface area is 90.2 Å². The Hall–Kier alpha value is -0.940. The van der Waals surface area contributed by atoms with Crippen molar-refractivity contribution in [3.8, 4) is 0 Å². The Bertz CT molecular complexity index is 275. The van der Waals surface area contributed by atoms with Crippen molar-refractivity contribution in [2.75, 3.05) is 26.8 Å². The Balaban J connectivity index is 2.06. The zero-order valence-electron chi connectivity index (χ0n) is 9.62. The average molecular weight is 213 g/mol. The minimum atomic E-state index is 0.530. The molecule has 1 heterocycles. The van der Waals surface area contributed by atoms with Gasteiger partial charge in [0.15, 0.2) is 5.82 Å². The number of hydrogen-bond donors (Lipinski definition) is 1. The smallest absolute Gasteiger partial charge is 0.223 e. The summed E-state index contributed by atoms with van der Waals surface area (Å²) in [5.74, 6) is 1.92. The van der Waals surface area contributed by atoms with Gasteiger partial charge in [-0.1, -0.05) is 12.1 Å². The monoisotopic (exact) mass is 213 g/mol. The molecule has 0 aliphatic carbocycles. The first-order chi connectivity index (χ1) is 7.22. The molecule has 1 aromatic rings. The van der Waals surface area contributed by atoms with Gasteiger partial charge >= 0.3 is 0 Å². The van der Waals surface area contributed by atoms with Crippen molar-refractivity contribution in [1.82, 2.24) is 15.5 Å². The van der Waals surface area contributed by atoms with Gasteiger partial charge in [-0.05, 0) is 12.5 Å². The molecule has 0 bridgehead atoms. The van der Waals surface area contributed by atoms with Crippen LogP contribution in [0.4, 0.5) is 0 Å². The highest BCUT2D eigenvalue weighted by Gasteiger charge is 2.03. The van der Waals surface area contributed by atoms with E-state index >= 15 is 0 Å². The van der Waals surface area contributed by atoms with Crippen molar-refractivity contribution in [3.05, 3.63) is 11.7 Å². The van der Waals surface area contributed by atoms with Gasteiger partial charge in [-0.15, -0.1) is 0 Å². The molecule has 0 saturated heterocycles.